The quantitative estimate of drug-likeness (QED) is 0.644. The number of halogens is 1. The van der Waals surface area contributed by atoms with Crippen molar-refractivity contribution in [2.24, 2.45) is 0 Å². The molecule has 1 saturated heterocycles. The molecule has 0 unspecified atom stereocenters. The Hall–Kier alpha value is -0.760. The lowest BCUT2D eigenvalue weighted by Crippen LogP contribution is -2.34. The van der Waals surface area contributed by atoms with Crippen LogP contribution in [-0.2, 0) is 0 Å². The smallest absolute Gasteiger partial charge is 0.299 e. The van der Waals surface area contributed by atoms with Gasteiger partial charge in [-0.25, -0.2) is 0 Å². The number of thioether (sulfide) groups is 1. The molecule has 0 aromatic carbocycles. The van der Waals surface area contributed by atoms with Gasteiger partial charge in [0, 0.05) is 6.20 Å². The number of nitrogens with one attached hydrogen (secondary N) is 1. The van der Waals surface area contributed by atoms with Crippen molar-refractivity contribution in [1.82, 2.24) is 9.55 Å². The lowest BCUT2D eigenvalue weighted by Gasteiger charge is -2.14. The van der Waals surface area contributed by atoms with Gasteiger partial charge in [-0.2, -0.15) is 4.98 Å². The average Bonchev–Trinajstić information content (AvgIpc) is 2.75. The van der Waals surface area contributed by atoms with Crippen LogP contribution in [0.5, 0.6) is 6.01 Å². The first-order valence-electron chi connectivity index (χ1n) is 4.95. The minimum Gasteiger partial charge on any atom is -0.455 e. The number of aliphatic hydroxyl groups is 2. The van der Waals surface area contributed by atoms with Crippen LogP contribution in [0.1, 0.15) is 5.37 Å². The number of aromatic nitrogens is 2. The van der Waals surface area contributed by atoms with Gasteiger partial charge in [0.25, 0.3) is 6.01 Å². The summed E-state index contributed by atoms with van der Waals surface area (Å²) < 4.78 is 7.30. The summed E-state index contributed by atoms with van der Waals surface area (Å²) in [5, 5.41) is 26.1. The Morgan fingerprint density at radius 2 is 2.35 bits per heavy atom. The molecule has 3 heterocycles. The van der Waals surface area contributed by atoms with Gasteiger partial charge >= 0.3 is 0 Å². The van der Waals surface area contributed by atoms with E-state index in [0.717, 1.165) is 0 Å². The number of nitrogens with zero attached hydrogens (tertiary/aromatic N) is 2. The van der Waals surface area contributed by atoms with Crippen LogP contribution in [0.3, 0.4) is 0 Å². The fourth-order valence-corrected chi connectivity index (χ4v) is 3.46. The summed E-state index contributed by atoms with van der Waals surface area (Å²) in [6.07, 6.45) is 0.654. The molecule has 0 amide bonds. The van der Waals surface area contributed by atoms with Crippen LogP contribution >= 0.6 is 24.2 Å². The molecular weight excluding hydrogens is 266 g/mol. The molecule has 2 aliphatic heterocycles. The molecule has 3 rings (SSSR count). The van der Waals surface area contributed by atoms with Crippen molar-refractivity contribution in [3.8, 4) is 6.01 Å². The van der Waals surface area contributed by atoms with E-state index in [1.807, 2.05) is 0 Å². The Balaban J connectivity index is 0.00000108. The van der Waals surface area contributed by atoms with Crippen molar-refractivity contribution in [2.45, 2.75) is 22.8 Å². The zero-order valence-corrected chi connectivity index (χ0v) is 10.3. The monoisotopic (exact) mass is 277 g/mol. The van der Waals surface area contributed by atoms with E-state index < -0.39 is 6.10 Å². The van der Waals surface area contributed by atoms with Gasteiger partial charge < -0.3 is 14.9 Å². The predicted octanol–water partition coefficient (Wildman–Crippen LogP) is -0.487. The van der Waals surface area contributed by atoms with Crippen LogP contribution in [0.15, 0.2) is 12.3 Å². The second-order valence-electron chi connectivity index (χ2n) is 3.82. The second kappa shape index (κ2) is 4.49. The maximum Gasteiger partial charge on any atom is 0.299 e. The second-order valence-corrected chi connectivity index (χ2v) is 5.18. The van der Waals surface area contributed by atoms with Gasteiger partial charge in [0.15, 0.2) is 11.6 Å². The molecule has 8 heteroatoms. The summed E-state index contributed by atoms with van der Waals surface area (Å²) in [6.45, 7) is -0.0674. The first-order valence-corrected chi connectivity index (χ1v) is 5.90. The molecule has 6 nitrogen and oxygen atoms in total. The van der Waals surface area contributed by atoms with Gasteiger partial charge in [-0.1, -0.05) is 0 Å². The molecular formula is C9H12ClN3O3S. The van der Waals surface area contributed by atoms with Crippen molar-refractivity contribution in [3.63, 3.8) is 0 Å². The Morgan fingerprint density at radius 3 is 3.06 bits per heavy atom. The van der Waals surface area contributed by atoms with Gasteiger partial charge in [-0.15, -0.1) is 24.2 Å². The van der Waals surface area contributed by atoms with E-state index in [-0.39, 0.29) is 41.2 Å². The highest BCUT2D eigenvalue weighted by Crippen LogP contribution is 2.47. The first-order chi connectivity index (χ1) is 7.70. The zero-order valence-electron chi connectivity index (χ0n) is 8.68. The summed E-state index contributed by atoms with van der Waals surface area (Å²) in [7, 11) is 0. The van der Waals surface area contributed by atoms with E-state index in [4.69, 9.17) is 15.3 Å². The summed E-state index contributed by atoms with van der Waals surface area (Å²) in [5.41, 5.74) is 0.143. The Bertz CT molecular complexity index is 483. The number of rotatable bonds is 1. The lowest BCUT2D eigenvalue weighted by atomic mass is 10.1. The van der Waals surface area contributed by atoms with Crippen LogP contribution in [0.25, 0.3) is 0 Å². The van der Waals surface area contributed by atoms with Crippen LogP contribution in [-0.4, -0.2) is 43.8 Å². The third-order valence-corrected chi connectivity index (χ3v) is 4.39. The molecule has 4 atom stereocenters. The minimum atomic E-state index is -0.698. The molecule has 0 spiro atoms. The molecule has 0 saturated carbocycles. The first kappa shape index (κ1) is 12.7. The summed E-state index contributed by atoms with van der Waals surface area (Å²) >= 11 is 1.47. The van der Waals surface area contributed by atoms with E-state index in [1.54, 1.807) is 16.8 Å². The van der Waals surface area contributed by atoms with Gasteiger partial charge in [0.05, 0.1) is 11.9 Å². The van der Waals surface area contributed by atoms with E-state index in [1.165, 1.54) is 11.8 Å². The average molecular weight is 278 g/mol. The molecule has 17 heavy (non-hydrogen) atoms. The highest BCUT2D eigenvalue weighted by molar-refractivity contribution is 8.00. The Labute approximate surface area is 108 Å². The summed E-state index contributed by atoms with van der Waals surface area (Å²) in [6, 6.07) is 1.94. The fraction of sp³-hybridized carbons (Fsp3) is 0.556. The van der Waals surface area contributed by atoms with Crippen molar-refractivity contribution in [3.05, 3.63) is 17.8 Å². The summed E-state index contributed by atoms with van der Waals surface area (Å²) in [5.74, 6) is 0. The number of fused-ring (bicyclic) bond motifs is 3. The standard InChI is InChI=1S/C9H11N3O3S.ClH/c10-5-1-2-12-8-7(15-9(12)11-5)6(14)4(3-13)16-8;/h1-2,4,6-8,10,13-14H,3H2;1H/t4-,6-,7+,8-;/m1./s1. The van der Waals surface area contributed by atoms with E-state index >= 15 is 0 Å². The molecule has 3 N–H and O–H groups in total. The highest BCUT2D eigenvalue weighted by atomic mass is 35.5. The van der Waals surface area contributed by atoms with Gasteiger partial charge in [0.2, 0.25) is 0 Å². The largest absolute Gasteiger partial charge is 0.455 e. The minimum absolute atomic E-state index is 0. The number of ether oxygens (including phenoxy) is 1. The lowest BCUT2D eigenvalue weighted by molar-refractivity contribution is 0.0437. The molecule has 0 aliphatic carbocycles. The fourth-order valence-electron chi connectivity index (χ4n) is 2.04. The Kier molecular flexibility index (Phi) is 3.35. The van der Waals surface area contributed by atoms with Crippen LogP contribution < -0.4 is 10.2 Å². The third kappa shape index (κ3) is 1.83. The molecule has 1 aromatic heterocycles. The number of aliphatic hydroxyl groups excluding tert-OH is 2. The van der Waals surface area contributed by atoms with Gasteiger partial charge in [-0.05, 0) is 6.07 Å². The normalized spacial score (nSPS) is 33.5. The zero-order chi connectivity index (χ0) is 11.3. The van der Waals surface area contributed by atoms with Crippen LogP contribution in [0, 0.1) is 5.41 Å². The van der Waals surface area contributed by atoms with E-state index in [9.17, 15) is 5.11 Å². The summed E-state index contributed by atoms with van der Waals surface area (Å²) in [4.78, 5) is 3.94. The van der Waals surface area contributed by atoms with Gasteiger partial charge in [-0.3, -0.25) is 9.98 Å². The Morgan fingerprint density at radius 1 is 1.59 bits per heavy atom. The predicted molar refractivity (Wildman–Crippen MR) is 63.3 cm³/mol. The maximum atomic E-state index is 9.91. The van der Waals surface area contributed by atoms with Gasteiger partial charge in [0.1, 0.15) is 11.5 Å². The third-order valence-electron chi connectivity index (χ3n) is 2.84. The van der Waals surface area contributed by atoms with Crippen molar-refractivity contribution < 1.29 is 14.9 Å². The molecule has 1 fully saturated rings. The highest BCUT2D eigenvalue weighted by Gasteiger charge is 2.50. The SMILES string of the molecule is Cl.N=c1ccn2c(n1)O[C@H]1[C@H](O)[C@@H](CO)S[C@H]12. The topological polar surface area (TPSA) is 91.4 Å². The maximum absolute atomic E-state index is 9.91. The molecule has 0 radical (unpaired) electrons. The molecule has 94 valence electrons. The van der Waals surface area contributed by atoms with Crippen molar-refractivity contribution in [2.75, 3.05) is 6.61 Å². The molecule has 2 aliphatic rings. The van der Waals surface area contributed by atoms with Crippen molar-refractivity contribution >= 4 is 24.2 Å². The number of hydrogen-bond donors (Lipinski definition) is 3. The van der Waals surface area contributed by atoms with Crippen LogP contribution in [0.2, 0.25) is 0 Å². The van der Waals surface area contributed by atoms with E-state index in [0.29, 0.717) is 6.01 Å². The molecule has 1 aromatic rings. The number of hydrogen-bond acceptors (Lipinski definition) is 6. The van der Waals surface area contributed by atoms with E-state index in [2.05, 4.69) is 4.98 Å². The van der Waals surface area contributed by atoms with Crippen LogP contribution in [0.4, 0.5) is 0 Å². The molecule has 0 bridgehead atoms. The van der Waals surface area contributed by atoms with Crippen molar-refractivity contribution in [1.29, 1.82) is 5.41 Å².